The maximum atomic E-state index is 11.0. The molecule has 148 valence electrons. The summed E-state index contributed by atoms with van der Waals surface area (Å²) in [5.41, 5.74) is 5.79. The van der Waals surface area contributed by atoms with Gasteiger partial charge in [-0.3, -0.25) is 4.79 Å². The van der Waals surface area contributed by atoms with Gasteiger partial charge in [-0.15, -0.1) is 0 Å². The van der Waals surface area contributed by atoms with Crippen LogP contribution in [0, 0.1) is 5.92 Å². The highest BCUT2D eigenvalue weighted by molar-refractivity contribution is 5.75. The van der Waals surface area contributed by atoms with Crippen molar-refractivity contribution in [1.82, 2.24) is 0 Å². The van der Waals surface area contributed by atoms with E-state index in [0.29, 0.717) is 18.3 Å². The summed E-state index contributed by atoms with van der Waals surface area (Å²) in [6, 6.07) is 18.5. The summed E-state index contributed by atoms with van der Waals surface area (Å²) in [5.74, 6) is 1.25. The zero-order valence-corrected chi connectivity index (χ0v) is 17.0. The molecule has 28 heavy (non-hydrogen) atoms. The number of ether oxygens (including phenoxy) is 1. The van der Waals surface area contributed by atoms with E-state index in [4.69, 9.17) is 4.74 Å². The van der Waals surface area contributed by atoms with Crippen LogP contribution >= 0.6 is 0 Å². The molecule has 2 nitrogen and oxygen atoms in total. The predicted octanol–water partition coefficient (Wildman–Crippen LogP) is 6.01. The molecule has 2 fully saturated rings. The van der Waals surface area contributed by atoms with Gasteiger partial charge < -0.3 is 4.74 Å². The number of benzene rings is 2. The summed E-state index contributed by atoms with van der Waals surface area (Å²) in [6.07, 6.45) is 10.3. The zero-order valence-electron chi connectivity index (χ0n) is 17.0. The summed E-state index contributed by atoms with van der Waals surface area (Å²) in [6.45, 7) is 2.23. The molecule has 0 bridgehead atoms. The van der Waals surface area contributed by atoms with Crippen LogP contribution in [0.15, 0.2) is 48.5 Å². The molecule has 4 rings (SSSR count). The molecule has 0 amide bonds. The average Bonchev–Trinajstić information content (AvgIpc) is 2.72. The Morgan fingerprint density at radius 2 is 1.29 bits per heavy atom. The molecule has 1 heterocycles. The van der Waals surface area contributed by atoms with E-state index in [0.717, 1.165) is 12.8 Å². The summed E-state index contributed by atoms with van der Waals surface area (Å²) < 4.78 is 5.28. The van der Waals surface area contributed by atoms with Crippen LogP contribution < -0.4 is 0 Å². The largest absolute Gasteiger partial charge is 0.461 e. The Balaban J connectivity index is 1.25. The number of carbonyl (C=O) groups excluding carboxylic acids is 1. The molecular formula is C26H32O2. The number of carbonyl (C=O) groups is 1. The molecule has 0 aromatic heterocycles. The standard InChI is InChI=1S/C26H32O2/c1-2-3-19-4-6-20(7-5-19)8-9-21-10-12-22(13-11-21)23-14-16-24(17-15-23)25-18-26(27)28-25/h4-7,10-13,23-25H,2-3,8-9,14-18H2,1H3. The average molecular weight is 377 g/mol. The second kappa shape index (κ2) is 8.94. The molecule has 1 aliphatic heterocycles. The molecule has 1 unspecified atom stereocenters. The highest BCUT2D eigenvalue weighted by Gasteiger charge is 2.37. The third-order valence-corrected chi connectivity index (χ3v) is 6.66. The minimum Gasteiger partial charge on any atom is -0.461 e. The van der Waals surface area contributed by atoms with Gasteiger partial charge in [-0.2, -0.15) is 0 Å². The topological polar surface area (TPSA) is 26.3 Å². The molecule has 1 saturated carbocycles. The Kier molecular flexibility index (Phi) is 6.14. The van der Waals surface area contributed by atoms with Crippen LogP contribution in [0.4, 0.5) is 0 Å². The highest BCUT2D eigenvalue weighted by atomic mass is 16.6. The van der Waals surface area contributed by atoms with Crippen molar-refractivity contribution in [2.75, 3.05) is 0 Å². The molecule has 1 atom stereocenters. The van der Waals surface area contributed by atoms with Crippen LogP contribution in [-0.2, 0) is 28.8 Å². The van der Waals surface area contributed by atoms with Gasteiger partial charge in [-0.1, -0.05) is 61.9 Å². The lowest BCUT2D eigenvalue weighted by Crippen LogP contribution is -2.40. The lowest BCUT2D eigenvalue weighted by atomic mass is 9.75. The number of aryl methyl sites for hydroxylation is 3. The van der Waals surface area contributed by atoms with Gasteiger partial charge in [0.2, 0.25) is 0 Å². The van der Waals surface area contributed by atoms with Gasteiger partial charge in [0, 0.05) is 0 Å². The Labute approximate surface area is 169 Å². The summed E-state index contributed by atoms with van der Waals surface area (Å²) in [4.78, 5) is 11.0. The Bertz CT molecular complexity index is 759. The van der Waals surface area contributed by atoms with Crippen molar-refractivity contribution in [3.63, 3.8) is 0 Å². The lowest BCUT2D eigenvalue weighted by Gasteiger charge is -2.37. The van der Waals surface area contributed by atoms with Gasteiger partial charge in [0.15, 0.2) is 0 Å². The van der Waals surface area contributed by atoms with Gasteiger partial charge in [-0.05, 0) is 79.0 Å². The highest BCUT2D eigenvalue weighted by Crippen LogP contribution is 2.40. The van der Waals surface area contributed by atoms with Gasteiger partial charge in [0.1, 0.15) is 6.10 Å². The van der Waals surface area contributed by atoms with E-state index in [1.807, 2.05) is 0 Å². The van der Waals surface area contributed by atoms with E-state index >= 15 is 0 Å². The molecule has 1 aliphatic carbocycles. The minimum absolute atomic E-state index is 0.0142. The molecule has 0 spiro atoms. The Hall–Kier alpha value is -2.09. The second-order valence-corrected chi connectivity index (χ2v) is 8.65. The third kappa shape index (κ3) is 4.66. The fraction of sp³-hybridized carbons (Fsp3) is 0.500. The quantitative estimate of drug-likeness (QED) is 0.553. The van der Waals surface area contributed by atoms with E-state index in [2.05, 4.69) is 55.5 Å². The number of hydrogen-bond acceptors (Lipinski definition) is 2. The predicted molar refractivity (Wildman–Crippen MR) is 113 cm³/mol. The van der Waals surface area contributed by atoms with Crippen molar-refractivity contribution < 1.29 is 9.53 Å². The third-order valence-electron chi connectivity index (χ3n) is 6.66. The molecule has 2 aromatic carbocycles. The van der Waals surface area contributed by atoms with Crippen molar-refractivity contribution in [3.05, 3.63) is 70.8 Å². The van der Waals surface area contributed by atoms with Crippen molar-refractivity contribution in [1.29, 1.82) is 0 Å². The molecule has 0 radical (unpaired) electrons. The van der Waals surface area contributed by atoms with Gasteiger partial charge in [0.25, 0.3) is 0 Å². The van der Waals surface area contributed by atoms with Crippen molar-refractivity contribution >= 4 is 5.97 Å². The molecule has 1 saturated heterocycles. The molecule has 2 aliphatic rings. The maximum absolute atomic E-state index is 11.0. The van der Waals surface area contributed by atoms with Crippen molar-refractivity contribution in [2.24, 2.45) is 5.92 Å². The number of esters is 1. The van der Waals surface area contributed by atoms with Crippen LogP contribution in [0.1, 0.15) is 73.6 Å². The summed E-state index contributed by atoms with van der Waals surface area (Å²) in [7, 11) is 0. The number of rotatable bonds is 7. The van der Waals surface area contributed by atoms with Crippen LogP contribution in [0.5, 0.6) is 0 Å². The van der Waals surface area contributed by atoms with E-state index in [1.165, 1.54) is 60.8 Å². The van der Waals surface area contributed by atoms with Gasteiger partial charge in [0.05, 0.1) is 6.42 Å². The maximum Gasteiger partial charge on any atom is 0.309 e. The smallest absolute Gasteiger partial charge is 0.309 e. The SMILES string of the molecule is CCCc1ccc(CCc2ccc(C3CCC(C4CC(=O)O4)CC3)cc2)cc1. The van der Waals surface area contributed by atoms with Crippen molar-refractivity contribution in [3.8, 4) is 0 Å². The minimum atomic E-state index is -0.0142. The number of hydrogen-bond donors (Lipinski definition) is 0. The van der Waals surface area contributed by atoms with Crippen LogP contribution in [0.2, 0.25) is 0 Å². The van der Waals surface area contributed by atoms with Crippen LogP contribution in [0.3, 0.4) is 0 Å². The molecule has 0 N–H and O–H groups in total. The van der Waals surface area contributed by atoms with Gasteiger partial charge >= 0.3 is 5.97 Å². The first-order valence-electron chi connectivity index (χ1n) is 11.1. The van der Waals surface area contributed by atoms with Crippen LogP contribution in [0.25, 0.3) is 0 Å². The van der Waals surface area contributed by atoms with E-state index in [1.54, 1.807) is 0 Å². The van der Waals surface area contributed by atoms with E-state index in [9.17, 15) is 4.79 Å². The lowest BCUT2D eigenvalue weighted by molar-refractivity contribution is -0.176. The van der Waals surface area contributed by atoms with Gasteiger partial charge in [-0.25, -0.2) is 0 Å². The Morgan fingerprint density at radius 3 is 1.79 bits per heavy atom. The molecule has 2 heteroatoms. The first-order chi connectivity index (χ1) is 13.7. The van der Waals surface area contributed by atoms with E-state index < -0.39 is 0 Å². The summed E-state index contributed by atoms with van der Waals surface area (Å²) >= 11 is 0. The van der Waals surface area contributed by atoms with Crippen molar-refractivity contribution in [2.45, 2.75) is 76.7 Å². The first kappa shape index (κ1) is 19.2. The first-order valence-corrected chi connectivity index (χ1v) is 11.1. The monoisotopic (exact) mass is 376 g/mol. The van der Waals surface area contributed by atoms with Crippen LogP contribution in [-0.4, -0.2) is 12.1 Å². The summed E-state index contributed by atoms with van der Waals surface area (Å²) in [5, 5.41) is 0. The number of cyclic esters (lactones) is 1. The Morgan fingerprint density at radius 1 is 0.786 bits per heavy atom. The molecule has 2 aromatic rings. The fourth-order valence-electron chi connectivity index (χ4n) is 4.82. The molecular weight excluding hydrogens is 344 g/mol. The van der Waals surface area contributed by atoms with E-state index in [-0.39, 0.29) is 12.1 Å². The fourth-order valence-corrected chi connectivity index (χ4v) is 4.82. The zero-order chi connectivity index (χ0) is 19.3. The second-order valence-electron chi connectivity index (χ2n) is 8.65. The normalized spacial score (nSPS) is 24.5.